The quantitative estimate of drug-likeness (QED) is 0.432. The Morgan fingerprint density at radius 3 is 2.83 bits per heavy atom. The van der Waals surface area contributed by atoms with Gasteiger partial charge < -0.3 is 14.5 Å². The first-order valence-corrected chi connectivity index (χ1v) is 10.4. The Morgan fingerprint density at radius 1 is 1.17 bits per heavy atom. The molecular formula is C19H17N5O3S2. The first kappa shape index (κ1) is 19.2. The van der Waals surface area contributed by atoms with E-state index >= 15 is 0 Å². The number of imidazole rings is 1. The van der Waals surface area contributed by atoms with Crippen molar-refractivity contribution in [2.75, 3.05) is 25.3 Å². The first-order valence-electron chi connectivity index (χ1n) is 8.59. The van der Waals surface area contributed by atoms with Crippen molar-refractivity contribution in [3.8, 4) is 22.1 Å². The van der Waals surface area contributed by atoms with E-state index in [0.29, 0.717) is 26.8 Å². The van der Waals surface area contributed by atoms with E-state index in [4.69, 9.17) is 9.47 Å². The van der Waals surface area contributed by atoms with Gasteiger partial charge in [0.25, 0.3) is 0 Å². The lowest BCUT2D eigenvalue weighted by molar-refractivity contribution is -0.113. The monoisotopic (exact) mass is 427 g/mol. The Hall–Kier alpha value is -3.11. The van der Waals surface area contributed by atoms with Crippen LogP contribution in [0.4, 0.5) is 5.13 Å². The summed E-state index contributed by atoms with van der Waals surface area (Å²) in [5, 5.41) is 12.7. The molecule has 0 saturated heterocycles. The molecule has 1 amide bonds. The number of aromatic nitrogens is 4. The zero-order valence-electron chi connectivity index (χ0n) is 15.6. The van der Waals surface area contributed by atoms with Crippen LogP contribution in [0.5, 0.6) is 11.5 Å². The third kappa shape index (κ3) is 4.33. The van der Waals surface area contributed by atoms with Crippen LogP contribution in [-0.2, 0) is 4.79 Å². The second kappa shape index (κ2) is 8.50. The number of para-hydroxylation sites is 2. The van der Waals surface area contributed by atoms with Crippen molar-refractivity contribution in [2.45, 2.75) is 5.16 Å². The van der Waals surface area contributed by atoms with Crippen LogP contribution in [0.3, 0.4) is 0 Å². The molecule has 148 valence electrons. The van der Waals surface area contributed by atoms with Crippen LogP contribution >= 0.6 is 23.1 Å². The van der Waals surface area contributed by atoms with Crippen molar-refractivity contribution in [3.05, 3.63) is 42.5 Å². The Morgan fingerprint density at radius 2 is 2.03 bits per heavy atom. The molecule has 2 N–H and O–H groups in total. The van der Waals surface area contributed by atoms with Crippen LogP contribution in [0.2, 0.25) is 0 Å². The highest BCUT2D eigenvalue weighted by molar-refractivity contribution is 7.99. The lowest BCUT2D eigenvalue weighted by Gasteiger charge is -2.07. The fraction of sp³-hybridized carbons (Fsp3) is 0.158. The number of nitrogens with zero attached hydrogens (tertiary/aromatic N) is 3. The Labute approximate surface area is 174 Å². The number of carbonyl (C=O) groups excluding carboxylic acids is 1. The number of methoxy groups -OCH3 is 2. The van der Waals surface area contributed by atoms with Crippen LogP contribution in [0.1, 0.15) is 0 Å². The van der Waals surface area contributed by atoms with Gasteiger partial charge in [-0.2, -0.15) is 0 Å². The highest BCUT2D eigenvalue weighted by Crippen LogP contribution is 2.36. The van der Waals surface area contributed by atoms with Gasteiger partial charge in [0.1, 0.15) is 11.5 Å². The largest absolute Gasteiger partial charge is 0.497 e. The summed E-state index contributed by atoms with van der Waals surface area (Å²) in [7, 11) is 3.18. The highest BCUT2D eigenvalue weighted by Gasteiger charge is 2.15. The number of nitrogens with one attached hydrogen (secondary N) is 2. The number of carbonyl (C=O) groups is 1. The van der Waals surface area contributed by atoms with Gasteiger partial charge in [0.15, 0.2) is 10.2 Å². The molecule has 0 aliphatic rings. The number of thioether (sulfide) groups is 1. The molecule has 8 nitrogen and oxygen atoms in total. The average Bonchev–Trinajstić information content (AvgIpc) is 3.38. The minimum Gasteiger partial charge on any atom is -0.497 e. The SMILES string of the molecule is COc1ccc(OC)c(-c2nnc(NC(=O)CSc3nc4ccccc4[nH]3)s2)c1. The van der Waals surface area contributed by atoms with E-state index in [1.807, 2.05) is 30.3 Å². The minimum atomic E-state index is -0.184. The third-order valence-electron chi connectivity index (χ3n) is 4.02. The lowest BCUT2D eigenvalue weighted by Crippen LogP contribution is -2.13. The van der Waals surface area contributed by atoms with Gasteiger partial charge in [-0.15, -0.1) is 10.2 Å². The molecule has 2 aromatic carbocycles. The molecule has 0 atom stereocenters. The van der Waals surface area contributed by atoms with Crippen molar-refractivity contribution < 1.29 is 14.3 Å². The normalized spacial score (nSPS) is 10.8. The average molecular weight is 428 g/mol. The van der Waals surface area contributed by atoms with E-state index in [2.05, 4.69) is 25.5 Å². The summed E-state index contributed by atoms with van der Waals surface area (Å²) in [6, 6.07) is 13.2. The van der Waals surface area contributed by atoms with Crippen molar-refractivity contribution in [2.24, 2.45) is 0 Å². The number of anilines is 1. The number of fused-ring (bicyclic) bond motifs is 1. The molecule has 0 unspecified atom stereocenters. The van der Waals surface area contributed by atoms with E-state index in [9.17, 15) is 4.79 Å². The van der Waals surface area contributed by atoms with E-state index in [1.165, 1.54) is 23.1 Å². The van der Waals surface area contributed by atoms with Gasteiger partial charge in [-0.05, 0) is 30.3 Å². The summed E-state index contributed by atoms with van der Waals surface area (Å²) in [5.74, 6) is 1.36. The molecule has 4 aromatic rings. The zero-order valence-corrected chi connectivity index (χ0v) is 17.3. The van der Waals surface area contributed by atoms with Gasteiger partial charge in [-0.25, -0.2) is 4.98 Å². The second-order valence-electron chi connectivity index (χ2n) is 5.87. The van der Waals surface area contributed by atoms with Gasteiger partial charge in [0, 0.05) is 0 Å². The van der Waals surface area contributed by atoms with E-state index in [-0.39, 0.29) is 11.7 Å². The standard InChI is InChI=1S/C19H17N5O3S2/c1-26-11-7-8-15(27-2)12(9-11)17-23-24-19(29-17)22-16(25)10-28-18-20-13-5-3-4-6-14(13)21-18/h3-9H,10H2,1-2H3,(H,20,21)(H,22,24,25). The predicted octanol–water partition coefficient (Wildman–Crippen LogP) is 3.83. The smallest absolute Gasteiger partial charge is 0.236 e. The van der Waals surface area contributed by atoms with Gasteiger partial charge >= 0.3 is 0 Å². The molecule has 0 spiro atoms. The summed E-state index contributed by atoms with van der Waals surface area (Å²) in [4.78, 5) is 19.9. The van der Waals surface area contributed by atoms with Crippen molar-refractivity contribution in [3.63, 3.8) is 0 Å². The summed E-state index contributed by atoms with van der Waals surface area (Å²) in [5.41, 5.74) is 2.56. The lowest BCUT2D eigenvalue weighted by atomic mass is 10.2. The molecule has 0 radical (unpaired) electrons. The van der Waals surface area contributed by atoms with Crippen LogP contribution in [0.15, 0.2) is 47.6 Å². The fourth-order valence-corrected chi connectivity index (χ4v) is 4.12. The maximum Gasteiger partial charge on any atom is 0.236 e. The topological polar surface area (TPSA) is 102 Å². The van der Waals surface area contributed by atoms with Crippen molar-refractivity contribution >= 4 is 45.2 Å². The molecule has 0 aliphatic carbocycles. The molecule has 0 bridgehead atoms. The summed E-state index contributed by atoms with van der Waals surface area (Å²) >= 11 is 2.60. The molecule has 29 heavy (non-hydrogen) atoms. The van der Waals surface area contributed by atoms with Crippen LogP contribution < -0.4 is 14.8 Å². The van der Waals surface area contributed by atoms with E-state index < -0.39 is 0 Å². The van der Waals surface area contributed by atoms with Crippen molar-refractivity contribution in [1.29, 1.82) is 0 Å². The Kier molecular flexibility index (Phi) is 5.63. The number of ether oxygens (including phenoxy) is 2. The number of hydrogen-bond donors (Lipinski definition) is 2. The molecule has 0 fully saturated rings. The fourth-order valence-electron chi connectivity index (χ4n) is 2.65. The molecule has 4 rings (SSSR count). The maximum atomic E-state index is 12.3. The third-order valence-corrected chi connectivity index (χ3v) is 5.76. The summed E-state index contributed by atoms with van der Waals surface area (Å²) in [6.45, 7) is 0. The number of rotatable bonds is 7. The number of H-pyrrole nitrogens is 1. The first-order chi connectivity index (χ1) is 14.2. The second-order valence-corrected chi connectivity index (χ2v) is 7.82. The number of amides is 1. The number of aromatic amines is 1. The number of benzene rings is 2. The van der Waals surface area contributed by atoms with E-state index in [1.54, 1.807) is 26.4 Å². The number of hydrogen-bond acceptors (Lipinski definition) is 8. The Balaban J connectivity index is 1.41. The minimum absolute atomic E-state index is 0.184. The predicted molar refractivity (Wildman–Crippen MR) is 114 cm³/mol. The van der Waals surface area contributed by atoms with Gasteiger partial charge in [-0.3, -0.25) is 10.1 Å². The highest BCUT2D eigenvalue weighted by atomic mass is 32.2. The molecule has 2 heterocycles. The summed E-state index contributed by atoms with van der Waals surface area (Å²) < 4.78 is 10.6. The van der Waals surface area contributed by atoms with Crippen LogP contribution in [0, 0.1) is 0 Å². The summed E-state index contributed by atoms with van der Waals surface area (Å²) in [6.07, 6.45) is 0. The molecule has 0 aliphatic heterocycles. The van der Waals surface area contributed by atoms with Crippen LogP contribution in [-0.4, -0.2) is 46.0 Å². The van der Waals surface area contributed by atoms with Gasteiger partial charge in [0.2, 0.25) is 11.0 Å². The Bertz CT molecular complexity index is 1120. The molecular weight excluding hydrogens is 410 g/mol. The van der Waals surface area contributed by atoms with Crippen molar-refractivity contribution in [1.82, 2.24) is 20.2 Å². The molecule has 0 saturated carbocycles. The molecule has 10 heteroatoms. The van der Waals surface area contributed by atoms with Crippen LogP contribution in [0.25, 0.3) is 21.6 Å². The van der Waals surface area contributed by atoms with Gasteiger partial charge in [-0.1, -0.05) is 35.2 Å². The van der Waals surface area contributed by atoms with Gasteiger partial charge in [0.05, 0.1) is 36.6 Å². The van der Waals surface area contributed by atoms with E-state index in [0.717, 1.165) is 16.6 Å². The maximum absolute atomic E-state index is 12.3. The zero-order chi connectivity index (χ0) is 20.2. The molecule has 2 aromatic heterocycles.